The molecule has 0 fully saturated rings. The number of carbonyl (C=O) groups is 1. The van der Waals surface area contributed by atoms with Gasteiger partial charge in [-0.2, -0.15) is 0 Å². The molecule has 6 nitrogen and oxygen atoms in total. The molecule has 2 heterocycles. The van der Waals surface area contributed by atoms with Gasteiger partial charge in [-0.05, 0) is 6.42 Å². The lowest BCUT2D eigenvalue weighted by molar-refractivity contribution is -0.137. The second kappa shape index (κ2) is 7.40. The lowest BCUT2D eigenvalue weighted by atomic mass is 9.94. The first-order chi connectivity index (χ1) is 9.76. The maximum atomic E-state index is 12.6. The zero-order valence-corrected chi connectivity index (χ0v) is 12.2. The molecule has 0 aliphatic carbocycles. The number of aromatic nitrogens is 2. The Hall–Kier alpha value is -1.40. The Balaban J connectivity index is 1.96. The molecular formula is C14H23N3O3. The van der Waals surface area contributed by atoms with Gasteiger partial charge in [-0.25, -0.2) is 4.98 Å². The van der Waals surface area contributed by atoms with Gasteiger partial charge in [0.1, 0.15) is 0 Å². The van der Waals surface area contributed by atoms with Crippen molar-refractivity contribution in [1.82, 2.24) is 14.5 Å². The van der Waals surface area contributed by atoms with Gasteiger partial charge >= 0.3 is 0 Å². The minimum absolute atomic E-state index is 0.0490. The van der Waals surface area contributed by atoms with Gasteiger partial charge in [-0.3, -0.25) is 4.79 Å². The summed E-state index contributed by atoms with van der Waals surface area (Å²) < 4.78 is 12.3. The van der Waals surface area contributed by atoms with Crippen molar-refractivity contribution in [1.29, 1.82) is 0 Å². The zero-order valence-electron chi connectivity index (χ0n) is 12.2. The molecule has 1 aliphatic heterocycles. The number of amides is 1. The second-order valence-electron chi connectivity index (χ2n) is 5.08. The van der Waals surface area contributed by atoms with E-state index < -0.39 is 0 Å². The first kappa shape index (κ1) is 15.0. The molecule has 1 aromatic rings. The van der Waals surface area contributed by atoms with Gasteiger partial charge in [0.05, 0.1) is 19.5 Å². The minimum atomic E-state index is 0.0490. The van der Waals surface area contributed by atoms with Gasteiger partial charge in [0.2, 0.25) is 5.91 Å². The second-order valence-corrected chi connectivity index (χ2v) is 5.08. The van der Waals surface area contributed by atoms with E-state index in [2.05, 4.69) is 9.55 Å². The Morgan fingerprint density at radius 1 is 1.40 bits per heavy atom. The van der Waals surface area contributed by atoms with E-state index in [1.54, 1.807) is 14.2 Å². The number of aryl methyl sites for hydroxylation is 1. The number of nitrogens with zero attached hydrogens (tertiary/aromatic N) is 3. The fraction of sp³-hybridized carbons (Fsp3) is 0.714. The smallest absolute Gasteiger partial charge is 0.226 e. The lowest BCUT2D eigenvalue weighted by Gasteiger charge is -2.29. The first-order valence-electron chi connectivity index (χ1n) is 7.02. The van der Waals surface area contributed by atoms with Crippen LogP contribution in [0, 0.1) is 5.92 Å². The standard InChI is InChI=1S/C14H23N3O3/c1-19-7-5-16(6-8-20-2)14(18)12-3-4-17-11-15-10-13(17)9-12/h10-12H,3-9H2,1-2H3. The van der Waals surface area contributed by atoms with E-state index in [4.69, 9.17) is 9.47 Å². The first-order valence-corrected chi connectivity index (χ1v) is 7.02. The Labute approximate surface area is 119 Å². The molecule has 1 aliphatic rings. The van der Waals surface area contributed by atoms with Crippen LogP contribution in [0.25, 0.3) is 0 Å². The molecule has 20 heavy (non-hydrogen) atoms. The molecule has 1 amide bonds. The quantitative estimate of drug-likeness (QED) is 0.733. The number of hydrogen-bond acceptors (Lipinski definition) is 4. The minimum Gasteiger partial charge on any atom is -0.383 e. The Morgan fingerprint density at radius 3 is 2.75 bits per heavy atom. The fourth-order valence-corrected chi connectivity index (χ4v) is 2.57. The summed E-state index contributed by atoms with van der Waals surface area (Å²) in [5.74, 6) is 0.250. The van der Waals surface area contributed by atoms with Gasteiger partial charge in [-0.1, -0.05) is 0 Å². The number of carbonyl (C=O) groups excluding carboxylic acids is 1. The van der Waals surface area contributed by atoms with Crippen molar-refractivity contribution in [3.05, 3.63) is 18.2 Å². The van der Waals surface area contributed by atoms with Crippen molar-refractivity contribution >= 4 is 5.91 Å². The molecule has 1 unspecified atom stereocenters. The third-order valence-corrected chi connectivity index (χ3v) is 3.76. The molecule has 0 saturated carbocycles. The van der Waals surface area contributed by atoms with Crippen LogP contribution in [-0.2, 0) is 27.2 Å². The number of ether oxygens (including phenoxy) is 2. The fourth-order valence-electron chi connectivity index (χ4n) is 2.57. The number of rotatable bonds is 7. The van der Waals surface area contributed by atoms with E-state index in [0.717, 1.165) is 25.1 Å². The van der Waals surface area contributed by atoms with E-state index in [9.17, 15) is 4.79 Å². The maximum absolute atomic E-state index is 12.6. The summed E-state index contributed by atoms with van der Waals surface area (Å²) in [5.41, 5.74) is 1.15. The SMILES string of the molecule is COCCN(CCOC)C(=O)C1CCn2cncc2C1. The van der Waals surface area contributed by atoms with Crippen molar-refractivity contribution in [2.24, 2.45) is 5.92 Å². The molecule has 1 aromatic heterocycles. The molecule has 0 N–H and O–H groups in total. The van der Waals surface area contributed by atoms with Crippen LogP contribution in [0.3, 0.4) is 0 Å². The van der Waals surface area contributed by atoms with Crippen LogP contribution in [-0.4, -0.2) is 60.9 Å². The maximum Gasteiger partial charge on any atom is 0.226 e. The van der Waals surface area contributed by atoms with Crippen LogP contribution < -0.4 is 0 Å². The molecule has 6 heteroatoms. The van der Waals surface area contributed by atoms with Crippen molar-refractivity contribution in [3.8, 4) is 0 Å². The van der Waals surface area contributed by atoms with Crippen LogP contribution in [0.2, 0.25) is 0 Å². The van der Waals surface area contributed by atoms with E-state index in [-0.39, 0.29) is 11.8 Å². The van der Waals surface area contributed by atoms with Crippen LogP contribution in [0.15, 0.2) is 12.5 Å². The van der Waals surface area contributed by atoms with E-state index in [1.807, 2.05) is 17.4 Å². The normalized spacial score (nSPS) is 17.8. The predicted octanol–water partition coefficient (Wildman–Crippen LogP) is 0.567. The third-order valence-electron chi connectivity index (χ3n) is 3.76. The topological polar surface area (TPSA) is 56.6 Å². The van der Waals surface area contributed by atoms with Gasteiger partial charge in [0, 0.05) is 58.1 Å². The highest BCUT2D eigenvalue weighted by Gasteiger charge is 2.28. The summed E-state index contributed by atoms with van der Waals surface area (Å²) in [6.45, 7) is 3.22. The Kier molecular flexibility index (Phi) is 5.55. The molecule has 2 rings (SSSR count). The van der Waals surface area contributed by atoms with Gasteiger partial charge in [-0.15, -0.1) is 0 Å². The zero-order chi connectivity index (χ0) is 14.4. The average molecular weight is 281 g/mol. The highest BCUT2D eigenvalue weighted by atomic mass is 16.5. The predicted molar refractivity (Wildman–Crippen MR) is 74.4 cm³/mol. The van der Waals surface area contributed by atoms with Crippen molar-refractivity contribution in [2.75, 3.05) is 40.5 Å². The van der Waals surface area contributed by atoms with Crippen LogP contribution >= 0.6 is 0 Å². The molecule has 0 aromatic carbocycles. The Bertz CT molecular complexity index is 425. The van der Waals surface area contributed by atoms with E-state index >= 15 is 0 Å². The van der Waals surface area contributed by atoms with E-state index in [1.165, 1.54) is 0 Å². The lowest BCUT2D eigenvalue weighted by Crippen LogP contribution is -2.42. The molecule has 0 saturated heterocycles. The largest absolute Gasteiger partial charge is 0.383 e. The summed E-state index contributed by atoms with van der Waals surface area (Å²) in [6.07, 6.45) is 5.34. The number of hydrogen-bond donors (Lipinski definition) is 0. The summed E-state index contributed by atoms with van der Waals surface area (Å²) >= 11 is 0. The summed E-state index contributed by atoms with van der Waals surface area (Å²) in [4.78, 5) is 18.6. The highest BCUT2D eigenvalue weighted by Crippen LogP contribution is 2.21. The summed E-state index contributed by atoms with van der Waals surface area (Å²) in [5, 5.41) is 0. The van der Waals surface area contributed by atoms with Gasteiger partial charge < -0.3 is 18.9 Å². The molecule has 112 valence electrons. The van der Waals surface area contributed by atoms with Gasteiger partial charge in [0.15, 0.2) is 0 Å². The van der Waals surface area contributed by atoms with Crippen molar-refractivity contribution in [3.63, 3.8) is 0 Å². The number of fused-ring (bicyclic) bond motifs is 1. The van der Waals surface area contributed by atoms with Crippen LogP contribution in [0.1, 0.15) is 12.1 Å². The molecule has 0 spiro atoms. The number of imidazole rings is 1. The summed E-state index contributed by atoms with van der Waals surface area (Å²) in [7, 11) is 3.30. The van der Waals surface area contributed by atoms with E-state index in [0.29, 0.717) is 26.3 Å². The molecule has 0 bridgehead atoms. The molecular weight excluding hydrogens is 258 g/mol. The summed E-state index contributed by atoms with van der Waals surface area (Å²) in [6, 6.07) is 0. The molecule has 1 atom stereocenters. The number of methoxy groups -OCH3 is 2. The average Bonchev–Trinajstić information content (AvgIpc) is 2.94. The highest BCUT2D eigenvalue weighted by molar-refractivity contribution is 5.79. The van der Waals surface area contributed by atoms with Crippen molar-refractivity contribution < 1.29 is 14.3 Å². The third kappa shape index (κ3) is 3.58. The van der Waals surface area contributed by atoms with Gasteiger partial charge in [0.25, 0.3) is 0 Å². The molecule has 0 radical (unpaired) electrons. The Morgan fingerprint density at radius 2 is 2.10 bits per heavy atom. The monoisotopic (exact) mass is 281 g/mol. The van der Waals surface area contributed by atoms with Crippen LogP contribution in [0.5, 0.6) is 0 Å². The van der Waals surface area contributed by atoms with Crippen molar-refractivity contribution in [2.45, 2.75) is 19.4 Å². The van der Waals surface area contributed by atoms with Crippen LogP contribution in [0.4, 0.5) is 0 Å².